The molecular weight excluding hydrogens is 266 g/mol. The lowest BCUT2D eigenvalue weighted by Crippen LogP contribution is -2.41. The van der Waals surface area contributed by atoms with E-state index in [1.165, 1.54) is 6.20 Å². The molecule has 2 rings (SSSR count). The van der Waals surface area contributed by atoms with E-state index < -0.39 is 10.0 Å². The highest BCUT2D eigenvalue weighted by atomic mass is 32.2. The molecule has 0 aromatic carbocycles. The summed E-state index contributed by atoms with van der Waals surface area (Å²) in [7, 11) is -3.62. The minimum Gasteiger partial charge on any atom is -0.383 e. The van der Waals surface area contributed by atoms with Crippen LogP contribution in [0.2, 0.25) is 0 Å². The molecular formula is C12H19N3O3S. The standard InChI is InChI=1S/C12H19N3O3S/c1-2-13-11-6-3-7-14-12(11)19(16,17)15-10-5-4-8-18-9-10/h3,6-7,10,13,15H,2,4-5,8-9H2,1H3. The van der Waals surface area contributed by atoms with E-state index in [0.29, 0.717) is 25.4 Å². The van der Waals surface area contributed by atoms with Crippen molar-refractivity contribution in [1.82, 2.24) is 9.71 Å². The molecule has 1 aliphatic rings. The van der Waals surface area contributed by atoms with E-state index in [-0.39, 0.29) is 11.1 Å². The topological polar surface area (TPSA) is 80.3 Å². The minimum atomic E-state index is -3.62. The van der Waals surface area contributed by atoms with E-state index in [0.717, 1.165) is 12.8 Å². The highest BCUT2D eigenvalue weighted by Crippen LogP contribution is 2.19. The first-order valence-corrected chi connectivity index (χ1v) is 7.91. The molecule has 0 radical (unpaired) electrons. The molecule has 6 nitrogen and oxygen atoms in total. The molecule has 7 heteroatoms. The molecule has 1 aromatic heterocycles. The van der Waals surface area contributed by atoms with E-state index in [2.05, 4.69) is 15.0 Å². The Kier molecular flexibility index (Phi) is 4.73. The zero-order valence-corrected chi connectivity index (χ0v) is 11.7. The molecule has 1 unspecified atom stereocenters. The molecule has 2 N–H and O–H groups in total. The summed E-state index contributed by atoms with van der Waals surface area (Å²) in [4.78, 5) is 3.98. The van der Waals surface area contributed by atoms with E-state index in [9.17, 15) is 8.42 Å². The van der Waals surface area contributed by atoms with E-state index in [1.54, 1.807) is 12.1 Å². The lowest BCUT2D eigenvalue weighted by molar-refractivity contribution is 0.0774. The predicted molar refractivity (Wildman–Crippen MR) is 72.6 cm³/mol. The van der Waals surface area contributed by atoms with Crippen molar-refractivity contribution in [1.29, 1.82) is 0 Å². The van der Waals surface area contributed by atoms with Gasteiger partial charge in [-0.05, 0) is 31.9 Å². The van der Waals surface area contributed by atoms with Crippen LogP contribution in [0.15, 0.2) is 23.4 Å². The fourth-order valence-corrected chi connectivity index (χ4v) is 3.40. The summed E-state index contributed by atoms with van der Waals surface area (Å²) in [5.74, 6) is 0. The van der Waals surface area contributed by atoms with Gasteiger partial charge in [0, 0.05) is 25.4 Å². The second kappa shape index (κ2) is 6.31. The van der Waals surface area contributed by atoms with Crippen molar-refractivity contribution in [2.24, 2.45) is 0 Å². The first-order chi connectivity index (χ1) is 9.13. The molecule has 0 bridgehead atoms. The van der Waals surface area contributed by atoms with Gasteiger partial charge in [-0.25, -0.2) is 18.1 Å². The molecule has 0 amide bonds. The Hall–Kier alpha value is -1.18. The average Bonchev–Trinajstić information content (AvgIpc) is 2.40. The smallest absolute Gasteiger partial charge is 0.260 e. The third-order valence-electron chi connectivity index (χ3n) is 2.88. The van der Waals surface area contributed by atoms with Crippen molar-refractivity contribution in [2.75, 3.05) is 25.1 Å². The van der Waals surface area contributed by atoms with Gasteiger partial charge in [0.15, 0.2) is 5.03 Å². The predicted octanol–water partition coefficient (Wildman–Crippen LogP) is 0.971. The Morgan fingerprint density at radius 1 is 1.53 bits per heavy atom. The van der Waals surface area contributed by atoms with Gasteiger partial charge in [-0.1, -0.05) is 0 Å². The van der Waals surface area contributed by atoms with E-state index >= 15 is 0 Å². The van der Waals surface area contributed by atoms with Crippen LogP contribution in [0.5, 0.6) is 0 Å². The summed E-state index contributed by atoms with van der Waals surface area (Å²) in [5.41, 5.74) is 0.522. The van der Waals surface area contributed by atoms with E-state index in [1.807, 2.05) is 6.92 Å². The van der Waals surface area contributed by atoms with Gasteiger partial charge in [-0.2, -0.15) is 0 Å². The molecule has 1 atom stereocenters. The third-order valence-corrected chi connectivity index (χ3v) is 4.35. The van der Waals surface area contributed by atoms with Crippen LogP contribution in [0, 0.1) is 0 Å². The fraction of sp³-hybridized carbons (Fsp3) is 0.583. The first-order valence-electron chi connectivity index (χ1n) is 6.42. The maximum atomic E-state index is 12.3. The van der Waals surface area contributed by atoms with Crippen LogP contribution in [0.25, 0.3) is 0 Å². The SMILES string of the molecule is CCNc1cccnc1S(=O)(=O)NC1CCCOC1. The molecule has 0 spiro atoms. The molecule has 1 fully saturated rings. The molecule has 1 saturated heterocycles. The number of aromatic nitrogens is 1. The van der Waals surface area contributed by atoms with Gasteiger partial charge in [-0.3, -0.25) is 0 Å². The zero-order valence-electron chi connectivity index (χ0n) is 10.9. The summed E-state index contributed by atoms with van der Waals surface area (Å²) >= 11 is 0. The Morgan fingerprint density at radius 3 is 3.05 bits per heavy atom. The van der Waals surface area contributed by atoms with Crippen molar-refractivity contribution < 1.29 is 13.2 Å². The molecule has 1 aromatic rings. The Labute approximate surface area is 113 Å². The van der Waals surface area contributed by atoms with Crippen LogP contribution < -0.4 is 10.0 Å². The molecule has 19 heavy (non-hydrogen) atoms. The van der Waals surface area contributed by atoms with Crippen LogP contribution in [0.3, 0.4) is 0 Å². The monoisotopic (exact) mass is 285 g/mol. The van der Waals surface area contributed by atoms with Gasteiger partial charge < -0.3 is 10.1 Å². The van der Waals surface area contributed by atoms with Crippen molar-refractivity contribution in [3.63, 3.8) is 0 Å². The maximum Gasteiger partial charge on any atom is 0.260 e. The van der Waals surface area contributed by atoms with Crippen molar-refractivity contribution in [3.05, 3.63) is 18.3 Å². The minimum absolute atomic E-state index is 0.0439. The Balaban J connectivity index is 2.18. The van der Waals surface area contributed by atoms with Crippen LogP contribution in [0.1, 0.15) is 19.8 Å². The van der Waals surface area contributed by atoms with Crippen LogP contribution in [0.4, 0.5) is 5.69 Å². The maximum absolute atomic E-state index is 12.3. The van der Waals surface area contributed by atoms with Gasteiger partial charge in [0.05, 0.1) is 12.3 Å². The zero-order chi connectivity index (χ0) is 13.7. The second-order valence-electron chi connectivity index (χ2n) is 4.42. The number of ether oxygens (including phenoxy) is 1. The number of hydrogen-bond donors (Lipinski definition) is 2. The second-order valence-corrected chi connectivity index (χ2v) is 6.05. The molecule has 0 aliphatic carbocycles. The molecule has 0 saturated carbocycles. The van der Waals surface area contributed by atoms with Gasteiger partial charge in [0.1, 0.15) is 0 Å². The highest BCUT2D eigenvalue weighted by Gasteiger charge is 2.25. The number of anilines is 1. The number of nitrogens with one attached hydrogen (secondary N) is 2. The van der Waals surface area contributed by atoms with Gasteiger partial charge in [0.25, 0.3) is 10.0 Å². The number of hydrogen-bond acceptors (Lipinski definition) is 5. The number of pyridine rings is 1. The number of nitrogens with zero attached hydrogens (tertiary/aromatic N) is 1. The lowest BCUT2D eigenvalue weighted by atomic mass is 10.1. The molecule has 2 heterocycles. The van der Waals surface area contributed by atoms with Crippen molar-refractivity contribution >= 4 is 15.7 Å². The van der Waals surface area contributed by atoms with Gasteiger partial charge >= 0.3 is 0 Å². The first kappa shape index (κ1) is 14.2. The number of rotatable bonds is 5. The molecule has 106 valence electrons. The lowest BCUT2D eigenvalue weighted by Gasteiger charge is -2.23. The summed E-state index contributed by atoms with van der Waals surface area (Å²) in [6.07, 6.45) is 3.14. The van der Waals surface area contributed by atoms with E-state index in [4.69, 9.17) is 4.74 Å². The third kappa shape index (κ3) is 3.65. The number of sulfonamides is 1. The summed E-state index contributed by atoms with van der Waals surface area (Å²) in [5, 5.41) is 3.05. The average molecular weight is 285 g/mol. The van der Waals surface area contributed by atoms with Crippen LogP contribution in [-0.2, 0) is 14.8 Å². The highest BCUT2D eigenvalue weighted by molar-refractivity contribution is 7.89. The quantitative estimate of drug-likeness (QED) is 0.842. The van der Waals surface area contributed by atoms with Gasteiger partial charge in [0.2, 0.25) is 0 Å². The fourth-order valence-electron chi connectivity index (χ4n) is 2.04. The van der Waals surface area contributed by atoms with Crippen molar-refractivity contribution in [3.8, 4) is 0 Å². The Bertz CT molecular complexity index is 513. The van der Waals surface area contributed by atoms with Crippen LogP contribution >= 0.6 is 0 Å². The van der Waals surface area contributed by atoms with Gasteiger partial charge in [-0.15, -0.1) is 0 Å². The summed E-state index contributed by atoms with van der Waals surface area (Å²) in [6, 6.07) is 3.25. The summed E-state index contributed by atoms with van der Waals surface area (Å²) < 4.78 is 32.6. The molecule has 1 aliphatic heterocycles. The largest absolute Gasteiger partial charge is 0.383 e. The summed E-state index contributed by atoms with van der Waals surface area (Å²) in [6.45, 7) is 3.67. The normalized spacial score (nSPS) is 20.2. The van der Waals surface area contributed by atoms with Crippen LogP contribution in [-0.4, -0.2) is 39.2 Å². The van der Waals surface area contributed by atoms with Crippen molar-refractivity contribution in [2.45, 2.75) is 30.8 Å². The Morgan fingerprint density at radius 2 is 2.37 bits per heavy atom.